The third-order valence-electron chi connectivity index (χ3n) is 6.93. The topological polar surface area (TPSA) is 12.0 Å². The lowest BCUT2D eigenvalue weighted by Crippen LogP contribution is -2.49. The van der Waals surface area contributed by atoms with E-state index in [1.165, 1.54) is 38.5 Å². The molecule has 0 aliphatic heterocycles. The van der Waals surface area contributed by atoms with E-state index in [0.717, 1.165) is 47.6 Å². The van der Waals surface area contributed by atoms with Crippen molar-refractivity contribution >= 4 is 0 Å². The van der Waals surface area contributed by atoms with Gasteiger partial charge in [-0.25, -0.2) is 0 Å². The Balaban J connectivity index is 1.59. The Labute approximate surface area is 126 Å². The van der Waals surface area contributed by atoms with E-state index in [2.05, 4.69) is 33.0 Å². The summed E-state index contributed by atoms with van der Waals surface area (Å²) < 4.78 is 0. The van der Waals surface area contributed by atoms with Crippen molar-refractivity contribution in [2.24, 2.45) is 35.5 Å². The Morgan fingerprint density at radius 1 is 0.850 bits per heavy atom. The molecule has 1 N–H and O–H groups in total. The molecule has 1 nitrogen and oxygen atoms in total. The molecule has 116 valence electrons. The van der Waals surface area contributed by atoms with E-state index in [9.17, 15) is 0 Å². The van der Waals surface area contributed by atoms with E-state index in [1.807, 2.05) is 0 Å². The second kappa shape index (κ2) is 5.99. The van der Waals surface area contributed by atoms with Gasteiger partial charge in [0.25, 0.3) is 0 Å². The quantitative estimate of drug-likeness (QED) is 0.773. The first-order valence-electron chi connectivity index (χ1n) is 9.30. The van der Waals surface area contributed by atoms with Crippen LogP contribution in [0.2, 0.25) is 0 Å². The van der Waals surface area contributed by atoms with Gasteiger partial charge in [-0.1, -0.05) is 33.6 Å². The van der Waals surface area contributed by atoms with E-state index in [1.54, 1.807) is 6.42 Å². The van der Waals surface area contributed by atoms with Crippen LogP contribution in [-0.2, 0) is 0 Å². The highest BCUT2D eigenvalue weighted by atomic mass is 15.0. The van der Waals surface area contributed by atoms with Crippen molar-refractivity contribution in [1.29, 1.82) is 0 Å². The molecule has 0 amide bonds. The Kier molecular flexibility index (Phi) is 4.45. The first-order chi connectivity index (χ1) is 9.54. The predicted molar refractivity (Wildman–Crippen MR) is 86.7 cm³/mol. The zero-order valence-electron chi connectivity index (χ0n) is 14.1. The average molecular weight is 277 g/mol. The fourth-order valence-corrected chi connectivity index (χ4v) is 5.76. The summed E-state index contributed by atoms with van der Waals surface area (Å²) in [6, 6.07) is 1.54. The molecule has 7 atom stereocenters. The number of rotatable bonds is 4. The maximum atomic E-state index is 4.11. The molecule has 0 aromatic rings. The van der Waals surface area contributed by atoms with Gasteiger partial charge < -0.3 is 5.32 Å². The largest absolute Gasteiger partial charge is 0.311 e. The molecule has 3 aliphatic carbocycles. The molecule has 0 spiro atoms. The Morgan fingerprint density at radius 3 is 2.25 bits per heavy atom. The highest BCUT2D eigenvalue weighted by molar-refractivity contribution is 4.96. The van der Waals surface area contributed by atoms with Crippen LogP contribution in [0.25, 0.3) is 0 Å². The summed E-state index contributed by atoms with van der Waals surface area (Å²) in [5.41, 5.74) is 0. The highest BCUT2D eigenvalue weighted by Crippen LogP contribution is 2.49. The number of hydrogen-bond acceptors (Lipinski definition) is 1. The van der Waals surface area contributed by atoms with Gasteiger partial charge in [-0.15, -0.1) is 0 Å². The van der Waals surface area contributed by atoms with Gasteiger partial charge in [-0.05, 0) is 74.5 Å². The molecule has 3 rings (SSSR count). The van der Waals surface area contributed by atoms with Crippen LogP contribution in [0.3, 0.4) is 0 Å². The molecule has 2 bridgehead atoms. The third kappa shape index (κ3) is 2.93. The van der Waals surface area contributed by atoms with Crippen molar-refractivity contribution < 1.29 is 0 Å². The molecular formula is C19H35N. The van der Waals surface area contributed by atoms with E-state index in [-0.39, 0.29) is 0 Å². The van der Waals surface area contributed by atoms with Crippen LogP contribution < -0.4 is 5.32 Å². The van der Waals surface area contributed by atoms with Gasteiger partial charge in [0.05, 0.1) is 0 Å². The van der Waals surface area contributed by atoms with Crippen LogP contribution in [0.15, 0.2) is 0 Å². The number of fused-ring (bicyclic) bond motifs is 2. The predicted octanol–water partition coefficient (Wildman–Crippen LogP) is 4.86. The molecule has 3 saturated carbocycles. The summed E-state index contributed by atoms with van der Waals surface area (Å²) in [6.07, 6.45) is 10.4. The summed E-state index contributed by atoms with van der Waals surface area (Å²) in [7, 11) is 0. The van der Waals surface area contributed by atoms with Crippen LogP contribution in [-0.4, -0.2) is 12.1 Å². The second-order valence-electron chi connectivity index (χ2n) is 8.73. The van der Waals surface area contributed by atoms with Crippen molar-refractivity contribution in [3.05, 3.63) is 0 Å². The summed E-state index contributed by atoms with van der Waals surface area (Å²) in [4.78, 5) is 0. The van der Waals surface area contributed by atoms with Gasteiger partial charge in [-0.2, -0.15) is 0 Å². The highest BCUT2D eigenvalue weighted by Gasteiger charge is 2.43. The molecule has 3 fully saturated rings. The molecule has 0 heterocycles. The lowest BCUT2D eigenvalue weighted by molar-refractivity contribution is 0.139. The van der Waals surface area contributed by atoms with Crippen molar-refractivity contribution in [3.63, 3.8) is 0 Å². The van der Waals surface area contributed by atoms with E-state index in [4.69, 9.17) is 0 Å². The van der Waals surface area contributed by atoms with E-state index >= 15 is 0 Å². The van der Waals surface area contributed by atoms with Crippen molar-refractivity contribution in [2.45, 2.75) is 84.7 Å². The Hall–Kier alpha value is -0.0400. The maximum Gasteiger partial charge on any atom is 0.0103 e. The Morgan fingerprint density at radius 2 is 1.65 bits per heavy atom. The first-order valence-corrected chi connectivity index (χ1v) is 9.30. The molecular weight excluding hydrogens is 242 g/mol. The molecule has 0 aromatic heterocycles. The van der Waals surface area contributed by atoms with Crippen LogP contribution in [0.4, 0.5) is 0 Å². The first kappa shape index (κ1) is 14.9. The fourth-order valence-electron chi connectivity index (χ4n) is 5.76. The van der Waals surface area contributed by atoms with Crippen LogP contribution in [0, 0.1) is 35.5 Å². The molecule has 7 unspecified atom stereocenters. The monoisotopic (exact) mass is 277 g/mol. The summed E-state index contributed by atoms with van der Waals surface area (Å²) >= 11 is 0. The smallest absolute Gasteiger partial charge is 0.0103 e. The lowest BCUT2D eigenvalue weighted by atomic mass is 9.73. The van der Waals surface area contributed by atoms with Crippen LogP contribution in [0.1, 0.15) is 72.6 Å². The van der Waals surface area contributed by atoms with Gasteiger partial charge in [-0.3, -0.25) is 0 Å². The number of nitrogens with one attached hydrogen (secondary N) is 1. The normalized spacial score (nSPS) is 46.0. The molecule has 0 saturated heterocycles. The summed E-state index contributed by atoms with van der Waals surface area (Å²) in [6.45, 7) is 9.80. The maximum absolute atomic E-state index is 4.11. The van der Waals surface area contributed by atoms with Gasteiger partial charge in [0, 0.05) is 12.1 Å². The molecule has 0 radical (unpaired) electrons. The Bertz CT molecular complexity index is 324. The average Bonchev–Trinajstić information content (AvgIpc) is 3.00. The van der Waals surface area contributed by atoms with Crippen LogP contribution in [0.5, 0.6) is 0 Å². The zero-order chi connectivity index (χ0) is 14.3. The van der Waals surface area contributed by atoms with Crippen molar-refractivity contribution in [1.82, 2.24) is 5.32 Å². The molecule has 1 heteroatoms. The van der Waals surface area contributed by atoms with Gasteiger partial charge in [0.1, 0.15) is 0 Å². The minimum atomic E-state index is 0.752. The molecule has 20 heavy (non-hydrogen) atoms. The van der Waals surface area contributed by atoms with Gasteiger partial charge >= 0.3 is 0 Å². The number of hydrogen-bond donors (Lipinski definition) is 1. The van der Waals surface area contributed by atoms with Crippen LogP contribution >= 0.6 is 0 Å². The standard InChI is InChI=1S/C19H35N/c1-12(2)17-8-5-13(3)9-19(17)20-14(4)18-11-15-6-7-16(18)10-15/h12-20H,5-11H2,1-4H3. The second-order valence-corrected chi connectivity index (χ2v) is 8.73. The molecule has 0 aromatic carbocycles. The zero-order valence-corrected chi connectivity index (χ0v) is 14.1. The van der Waals surface area contributed by atoms with Gasteiger partial charge in [0.2, 0.25) is 0 Å². The van der Waals surface area contributed by atoms with E-state index < -0.39 is 0 Å². The van der Waals surface area contributed by atoms with Crippen molar-refractivity contribution in [2.75, 3.05) is 0 Å². The minimum absolute atomic E-state index is 0.752. The fraction of sp³-hybridized carbons (Fsp3) is 1.00. The van der Waals surface area contributed by atoms with Crippen molar-refractivity contribution in [3.8, 4) is 0 Å². The van der Waals surface area contributed by atoms with E-state index in [0.29, 0.717) is 0 Å². The minimum Gasteiger partial charge on any atom is -0.311 e. The summed E-state index contributed by atoms with van der Waals surface area (Å²) in [5.74, 6) is 5.80. The lowest BCUT2D eigenvalue weighted by Gasteiger charge is -2.41. The molecule has 3 aliphatic rings. The summed E-state index contributed by atoms with van der Waals surface area (Å²) in [5, 5.41) is 4.11. The third-order valence-corrected chi connectivity index (χ3v) is 6.93. The SMILES string of the molecule is CC1CCC(C(C)C)C(NC(C)C2CC3CCC2C3)C1. The van der Waals surface area contributed by atoms with Gasteiger partial charge in [0.15, 0.2) is 0 Å².